The molecule has 0 spiro atoms. The number of hydrogen-bond acceptors (Lipinski definition) is 4. The van der Waals surface area contributed by atoms with Crippen molar-refractivity contribution in [3.05, 3.63) is 59.7 Å². The van der Waals surface area contributed by atoms with Crippen molar-refractivity contribution in [2.24, 2.45) is 0 Å². The van der Waals surface area contributed by atoms with Gasteiger partial charge < -0.3 is 10.6 Å². The van der Waals surface area contributed by atoms with Crippen LogP contribution in [0.4, 0.5) is 10.5 Å². The van der Waals surface area contributed by atoms with E-state index in [9.17, 15) is 18.0 Å². The predicted molar refractivity (Wildman–Crippen MR) is 99.6 cm³/mol. The van der Waals surface area contributed by atoms with E-state index in [1.54, 1.807) is 43.3 Å². The van der Waals surface area contributed by atoms with Gasteiger partial charge in [0.1, 0.15) is 0 Å². The molecule has 7 nitrogen and oxygen atoms in total. The van der Waals surface area contributed by atoms with Crippen LogP contribution >= 0.6 is 0 Å². The summed E-state index contributed by atoms with van der Waals surface area (Å²) >= 11 is 0. The van der Waals surface area contributed by atoms with E-state index in [0.29, 0.717) is 23.4 Å². The lowest BCUT2D eigenvalue weighted by Gasteiger charge is -2.11. The molecular weight excluding hydrogens is 354 g/mol. The largest absolute Gasteiger partial charge is 0.352 e. The Kier molecular flexibility index (Phi) is 6.35. The number of nitrogens with one attached hydrogen (secondary N) is 3. The lowest BCUT2D eigenvalue weighted by Crippen LogP contribution is -2.34. The molecule has 0 saturated heterocycles. The van der Waals surface area contributed by atoms with Crippen molar-refractivity contribution in [3.63, 3.8) is 0 Å². The van der Waals surface area contributed by atoms with Gasteiger partial charge in [0.25, 0.3) is 15.9 Å². The first kappa shape index (κ1) is 19.5. The Labute approximate surface area is 152 Å². The molecule has 0 heterocycles. The van der Waals surface area contributed by atoms with Crippen LogP contribution in [0.1, 0.15) is 29.3 Å². The molecule has 3 N–H and O–H groups in total. The minimum absolute atomic E-state index is 0.0304. The van der Waals surface area contributed by atoms with Gasteiger partial charge in [0.15, 0.2) is 0 Å². The summed E-state index contributed by atoms with van der Waals surface area (Å²) in [6.07, 6.45) is 0.808. The van der Waals surface area contributed by atoms with Crippen molar-refractivity contribution >= 4 is 27.6 Å². The summed E-state index contributed by atoms with van der Waals surface area (Å²) in [6, 6.07) is 11.7. The second kappa shape index (κ2) is 8.48. The molecule has 26 heavy (non-hydrogen) atoms. The van der Waals surface area contributed by atoms with E-state index in [1.807, 2.05) is 11.6 Å². The molecule has 0 aliphatic heterocycles. The number of carbonyl (C=O) groups excluding carboxylic acids is 2. The standard InChI is InChI=1S/C18H21N3O4S/c1-3-11-19-17(22)14-8-6-9-15(12-14)20-18(23)21-26(24,25)16-10-5-4-7-13(16)2/h4-10,12H,3,11H2,1-2H3,(H,19,22)(H2,20,21,23). The molecule has 2 rings (SSSR count). The van der Waals surface area contributed by atoms with Crippen molar-refractivity contribution in [1.29, 1.82) is 0 Å². The van der Waals surface area contributed by atoms with Gasteiger partial charge in [-0.1, -0.05) is 31.2 Å². The molecule has 2 aromatic carbocycles. The third kappa shape index (κ3) is 5.06. The predicted octanol–water partition coefficient (Wildman–Crippen LogP) is 2.65. The molecule has 0 radical (unpaired) electrons. The first-order valence-electron chi connectivity index (χ1n) is 8.11. The van der Waals surface area contributed by atoms with Gasteiger partial charge in [-0.15, -0.1) is 0 Å². The average Bonchev–Trinajstić information content (AvgIpc) is 2.59. The first-order valence-corrected chi connectivity index (χ1v) is 9.59. The zero-order valence-electron chi connectivity index (χ0n) is 14.6. The maximum atomic E-state index is 12.3. The molecule has 3 amide bonds. The van der Waals surface area contributed by atoms with Crippen LogP contribution in [0.25, 0.3) is 0 Å². The van der Waals surface area contributed by atoms with Crippen molar-refractivity contribution in [2.75, 3.05) is 11.9 Å². The number of aryl methyl sites for hydroxylation is 1. The summed E-state index contributed by atoms with van der Waals surface area (Å²) in [6.45, 7) is 4.13. The minimum atomic E-state index is -3.99. The fourth-order valence-corrected chi connectivity index (χ4v) is 3.43. The first-order chi connectivity index (χ1) is 12.3. The topological polar surface area (TPSA) is 104 Å². The summed E-state index contributed by atoms with van der Waals surface area (Å²) in [5, 5.41) is 5.16. The van der Waals surface area contributed by atoms with Gasteiger partial charge in [0.05, 0.1) is 4.90 Å². The lowest BCUT2D eigenvalue weighted by molar-refractivity contribution is 0.0953. The SMILES string of the molecule is CCCNC(=O)c1cccc(NC(=O)NS(=O)(=O)c2ccccc2C)c1. The highest BCUT2D eigenvalue weighted by Crippen LogP contribution is 2.15. The maximum absolute atomic E-state index is 12.3. The Bertz CT molecular complexity index is 910. The van der Waals surface area contributed by atoms with Crippen molar-refractivity contribution in [2.45, 2.75) is 25.2 Å². The number of rotatable bonds is 6. The van der Waals surface area contributed by atoms with Gasteiger partial charge in [-0.2, -0.15) is 0 Å². The highest BCUT2D eigenvalue weighted by Gasteiger charge is 2.19. The van der Waals surface area contributed by atoms with Gasteiger partial charge in [0.2, 0.25) is 0 Å². The van der Waals surface area contributed by atoms with E-state index in [0.717, 1.165) is 6.42 Å². The Morgan fingerprint density at radius 1 is 1.04 bits per heavy atom. The normalized spacial score (nSPS) is 10.8. The molecule has 8 heteroatoms. The second-order valence-corrected chi connectivity index (χ2v) is 7.31. The van der Waals surface area contributed by atoms with Crippen LogP contribution in [0.2, 0.25) is 0 Å². The van der Waals surface area contributed by atoms with E-state index in [2.05, 4.69) is 10.6 Å². The molecule has 138 valence electrons. The molecule has 2 aromatic rings. The van der Waals surface area contributed by atoms with E-state index in [1.165, 1.54) is 12.1 Å². The Hall–Kier alpha value is -2.87. The number of hydrogen-bond donors (Lipinski definition) is 3. The number of urea groups is 1. The van der Waals surface area contributed by atoms with Crippen LogP contribution in [0, 0.1) is 6.92 Å². The van der Waals surface area contributed by atoms with Crippen molar-refractivity contribution in [3.8, 4) is 0 Å². The molecule has 0 unspecified atom stereocenters. The Morgan fingerprint density at radius 3 is 2.46 bits per heavy atom. The summed E-state index contributed by atoms with van der Waals surface area (Å²) < 4.78 is 26.6. The number of sulfonamides is 1. The van der Waals surface area contributed by atoms with Crippen LogP contribution in [0.15, 0.2) is 53.4 Å². The number of benzene rings is 2. The summed E-state index contributed by atoms with van der Waals surface area (Å²) in [5.74, 6) is -0.261. The van der Waals surface area contributed by atoms with Crippen molar-refractivity contribution in [1.82, 2.24) is 10.0 Å². The van der Waals surface area contributed by atoms with E-state index >= 15 is 0 Å². The Morgan fingerprint density at radius 2 is 1.77 bits per heavy atom. The smallest absolute Gasteiger partial charge is 0.333 e. The summed E-state index contributed by atoms with van der Waals surface area (Å²) in [7, 11) is -3.99. The fourth-order valence-electron chi connectivity index (χ4n) is 2.27. The van der Waals surface area contributed by atoms with Crippen LogP contribution in [0.5, 0.6) is 0 Å². The average molecular weight is 375 g/mol. The molecule has 0 aromatic heterocycles. The molecule has 0 aliphatic carbocycles. The third-order valence-electron chi connectivity index (χ3n) is 3.53. The monoisotopic (exact) mass is 375 g/mol. The molecule has 0 aliphatic rings. The van der Waals surface area contributed by atoms with Gasteiger partial charge in [-0.25, -0.2) is 17.9 Å². The highest BCUT2D eigenvalue weighted by molar-refractivity contribution is 7.90. The van der Waals surface area contributed by atoms with Gasteiger partial charge in [0, 0.05) is 17.8 Å². The van der Waals surface area contributed by atoms with Crippen LogP contribution in [-0.2, 0) is 10.0 Å². The molecule has 0 saturated carbocycles. The number of amides is 3. The van der Waals surface area contributed by atoms with E-state index < -0.39 is 16.1 Å². The molecule has 0 atom stereocenters. The summed E-state index contributed by atoms with van der Waals surface area (Å²) in [4.78, 5) is 24.1. The quantitative estimate of drug-likeness (QED) is 0.722. The van der Waals surface area contributed by atoms with Crippen LogP contribution in [0.3, 0.4) is 0 Å². The van der Waals surface area contributed by atoms with Gasteiger partial charge in [-0.05, 0) is 43.2 Å². The maximum Gasteiger partial charge on any atom is 0.333 e. The number of carbonyl (C=O) groups is 2. The van der Waals surface area contributed by atoms with E-state index in [-0.39, 0.29) is 10.8 Å². The van der Waals surface area contributed by atoms with Gasteiger partial charge in [-0.3, -0.25) is 4.79 Å². The zero-order chi connectivity index (χ0) is 19.2. The fraction of sp³-hybridized carbons (Fsp3) is 0.222. The number of anilines is 1. The second-order valence-electron chi connectivity index (χ2n) is 5.66. The molecule has 0 fully saturated rings. The lowest BCUT2D eigenvalue weighted by atomic mass is 10.2. The highest BCUT2D eigenvalue weighted by atomic mass is 32.2. The summed E-state index contributed by atoms with van der Waals surface area (Å²) in [5.41, 5.74) is 1.21. The van der Waals surface area contributed by atoms with E-state index in [4.69, 9.17) is 0 Å². The van der Waals surface area contributed by atoms with Crippen molar-refractivity contribution < 1.29 is 18.0 Å². The molecular formula is C18H21N3O4S. The third-order valence-corrected chi connectivity index (χ3v) is 5.02. The zero-order valence-corrected chi connectivity index (χ0v) is 15.4. The minimum Gasteiger partial charge on any atom is -0.352 e. The van der Waals surface area contributed by atoms with Crippen LogP contribution in [-0.4, -0.2) is 26.9 Å². The Balaban J connectivity index is 2.08. The van der Waals surface area contributed by atoms with Crippen LogP contribution < -0.4 is 15.4 Å². The molecule has 0 bridgehead atoms. The van der Waals surface area contributed by atoms with Gasteiger partial charge >= 0.3 is 6.03 Å².